The summed E-state index contributed by atoms with van der Waals surface area (Å²) in [7, 11) is 0. The van der Waals surface area contributed by atoms with Gasteiger partial charge in [-0.1, -0.05) is 23.4 Å². The molecule has 0 bridgehead atoms. The first kappa shape index (κ1) is 27.1. The Morgan fingerprint density at radius 2 is 1.84 bits per heavy atom. The Labute approximate surface area is 223 Å². The van der Waals surface area contributed by atoms with Gasteiger partial charge in [-0.3, -0.25) is 9.78 Å². The van der Waals surface area contributed by atoms with Crippen LogP contribution in [0.25, 0.3) is 11.1 Å². The second kappa shape index (κ2) is 10.4. The molecule has 2 amide bonds. The van der Waals surface area contributed by atoms with Crippen molar-refractivity contribution in [2.75, 3.05) is 13.1 Å². The highest BCUT2D eigenvalue weighted by Gasteiger charge is 2.35. The maximum absolute atomic E-state index is 12.6. The fraction of sp³-hybridized carbons (Fsp3) is 0.464. The highest BCUT2D eigenvalue weighted by atomic mass is 16.6. The van der Waals surface area contributed by atoms with Crippen LogP contribution in [-0.2, 0) is 16.8 Å². The van der Waals surface area contributed by atoms with Crippen LogP contribution in [0.15, 0.2) is 42.9 Å². The van der Waals surface area contributed by atoms with E-state index in [1.165, 1.54) is 0 Å². The van der Waals surface area contributed by atoms with Crippen LogP contribution >= 0.6 is 0 Å². The number of aromatic nitrogens is 4. The summed E-state index contributed by atoms with van der Waals surface area (Å²) >= 11 is 0. The van der Waals surface area contributed by atoms with Gasteiger partial charge < -0.3 is 19.7 Å². The molecule has 4 rings (SSSR count). The quantitative estimate of drug-likeness (QED) is 0.515. The van der Waals surface area contributed by atoms with E-state index in [1.54, 1.807) is 28.2 Å². The molecule has 2 aromatic heterocycles. The first-order valence-corrected chi connectivity index (χ1v) is 12.7. The Kier molecular flexibility index (Phi) is 7.44. The predicted octanol–water partition coefficient (Wildman–Crippen LogP) is 4.33. The Morgan fingerprint density at radius 1 is 1.11 bits per heavy atom. The van der Waals surface area contributed by atoms with E-state index < -0.39 is 5.60 Å². The minimum atomic E-state index is -0.529. The van der Waals surface area contributed by atoms with Gasteiger partial charge >= 0.3 is 6.09 Å². The number of amides is 2. The van der Waals surface area contributed by atoms with Crippen LogP contribution in [0.2, 0.25) is 0 Å². The number of carbonyl (C=O) groups excluding carboxylic acids is 2. The molecule has 38 heavy (non-hydrogen) atoms. The fourth-order valence-corrected chi connectivity index (χ4v) is 3.90. The van der Waals surface area contributed by atoms with Gasteiger partial charge in [0.1, 0.15) is 17.5 Å². The second-order valence-corrected chi connectivity index (χ2v) is 11.5. The zero-order chi connectivity index (χ0) is 27.7. The summed E-state index contributed by atoms with van der Waals surface area (Å²) in [4.78, 5) is 30.7. The molecule has 0 spiro atoms. The molecule has 3 aromatic rings. The number of benzene rings is 1. The van der Waals surface area contributed by atoms with Crippen molar-refractivity contribution in [3.05, 3.63) is 59.7 Å². The molecule has 1 saturated heterocycles. The van der Waals surface area contributed by atoms with Crippen molar-refractivity contribution in [1.29, 1.82) is 0 Å². The standard InChI is InChI=1S/C28H36N6O4/c1-18-12-19(8-9-20(18)13-30-25(35)23-17-34(32-31-23)27(2,3)4)22-10-11-29-14-24(22)37-21-15-33(16-21)26(36)38-28(5,6)7/h8-12,14,17,21H,13,15-16H2,1-7H3,(H,30,35). The predicted molar refractivity (Wildman–Crippen MR) is 143 cm³/mol. The number of carbonyl (C=O) groups is 2. The monoisotopic (exact) mass is 520 g/mol. The number of pyridine rings is 1. The highest BCUT2D eigenvalue weighted by molar-refractivity contribution is 5.91. The smallest absolute Gasteiger partial charge is 0.410 e. The molecule has 1 N–H and O–H groups in total. The van der Waals surface area contributed by atoms with Crippen LogP contribution in [0, 0.1) is 6.92 Å². The second-order valence-electron chi connectivity index (χ2n) is 11.5. The van der Waals surface area contributed by atoms with Gasteiger partial charge in [0.25, 0.3) is 5.91 Å². The summed E-state index contributed by atoms with van der Waals surface area (Å²) in [6, 6.07) is 7.97. The number of hydrogen-bond donors (Lipinski definition) is 1. The minimum absolute atomic E-state index is 0.128. The summed E-state index contributed by atoms with van der Waals surface area (Å²) in [5, 5.41) is 11.0. The van der Waals surface area contributed by atoms with Gasteiger partial charge in [0.2, 0.25) is 0 Å². The van der Waals surface area contributed by atoms with Gasteiger partial charge in [-0.2, -0.15) is 0 Å². The van der Waals surface area contributed by atoms with Crippen LogP contribution in [-0.4, -0.2) is 61.7 Å². The molecule has 10 nitrogen and oxygen atoms in total. The van der Waals surface area contributed by atoms with E-state index in [9.17, 15) is 9.59 Å². The topological polar surface area (TPSA) is 111 Å². The SMILES string of the molecule is Cc1cc(-c2ccncc2OC2CN(C(=O)OC(C)(C)C)C2)ccc1CNC(=O)c1cn(C(C)(C)C)nn1. The summed E-state index contributed by atoms with van der Waals surface area (Å²) < 4.78 is 13.3. The molecule has 0 aliphatic carbocycles. The molecule has 0 atom stereocenters. The van der Waals surface area contributed by atoms with Crippen LogP contribution in [0.5, 0.6) is 5.75 Å². The van der Waals surface area contributed by atoms with Gasteiger partial charge in [0.15, 0.2) is 5.69 Å². The van der Waals surface area contributed by atoms with Crippen molar-refractivity contribution in [1.82, 2.24) is 30.2 Å². The number of aryl methyl sites for hydroxylation is 1. The van der Waals surface area contributed by atoms with E-state index in [4.69, 9.17) is 9.47 Å². The lowest BCUT2D eigenvalue weighted by Crippen LogP contribution is -2.57. The molecule has 1 aromatic carbocycles. The van der Waals surface area contributed by atoms with E-state index in [0.717, 1.165) is 22.3 Å². The number of rotatable bonds is 6. The van der Waals surface area contributed by atoms with E-state index in [2.05, 4.69) is 26.7 Å². The Bertz CT molecular complexity index is 1320. The van der Waals surface area contributed by atoms with Gasteiger partial charge in [-0.25, -0.2) is 9.48 Å². The van der Waals surface area contributed by atoms with Crippen LogP contribution in [0.3, 0.4) is 0 Å². The van der Waals surface area contributed by atoms with Crippen LogP contribution in [0.4, 0.5) is 4.79 Å². The highest BCUT2D eigenvalue weighted by Crippen LogP contribution is 2.32. The zero-order valence-corrected chi connectivity index (χ0v) is 23.1. The Hall–Kier alpha value is -3.95. The molecule has 1 aliphatic rings. The lowest BCUT2D eigenvalue weighted by Gasteiger charge is -2.39. The van der Waals surface area contributed by atoms with E-state index >= 15 is 0 Å². The number of likely N-dealkylation sites (tertiary alicyclic amines) is 1. The average molecular weight is 521 g/mol. The third-order valence-corrected chi connectivity index (χ3v) is 6.08. The van der Waals surface area contributed by atoms with E-state index in [1.807, 2.05) is 66.7 Å². The maximum Gasteiger partial charge on any atom is 0.410 e. The summed E-state index contributed by atoms with van der Waals surface area (Å²) in [5.74, 6) is 0.387. The van der Waals surface area contributed by atoms with Gasteiger partial charge in [0, 0.05) is 18.3 Å². The number of hydrogen-bond acceptors (Lipinski definition) is 7. The van der Waals surface area contributed by atoms with Crippen molar-refractivity contribution in [2.45, 2.75) is 72.3 Å². The van der Waals surface area contributed by atoms with Crippen molar-refractivity contribution < 1.29 is 19.1 Å². The van der Waals surface area contributed by atoms with Crippen molar-refractivity contribution in [2.24, 2.45) is 0 Å². The lowest BCUT2D eigenvalue weighted by molar-refractivity contribution is -0.0220. The molecule has 0 saturated carbocycles. The van der Waals surface area contributed by atoms with Crippen LogP contribution < -0.4 is 10.1 Å². The molecule has 202 valence electrons. The van der Waals surface area contributed by atoms with Crippen molar-refractivity contribution in [3.8, 4) is 16.9 Å². The Morgan fingerprint density at radius 3 is 2.47 bits per heavy atom. The van der Waals surface area contributed by atoms with Crippen molar-refractivity contribution in [3.63, 3.8) is 0 Å². The third kappa shape index (κ3) is 6.48. The molecule has 3 heterocycles. The lowest BCUT2D eigenvalue weighted by atomic mass is 10.00. The molecule has 1 fully saturated rings. The van der Waals surface area contributed by atoms with Gasteiger partial charge in [0.05, 0.1) is 31.0 Å². The molecule has 0 unspecified atom stereocenters. The third-order valence-electron chi connectivity index (χ3n) is 6.08. The molecule has 0 radical (unpaired) electrons. The summed E-state index contributed by atoms with van der Waals surface area (Å²) in [6.07, 6.45) is 4.62. The Balaban J connectivity index is 1.38. The summed E-state index contributed by atoms with van der Waals surface area (Å²) in [5.41, 5.74) is 3.42. The first-order valence-electron chi connectivity index (χ1n) is 12.7. The normalized spacial score (nSPS) is 14.1. The molecular weight excluding hydrogens is 484 g/mol. The van der Waals surface area contributed by atoms with E-state index in [0.29, 0.717) is 25.4 Å². The van der Waals surface area contributed by atoms with Crippen LogP contribution in [0.1, 0.15) is 63.2 Å². The largest absolute Gasteiger partial charge is 0.484 e. The van der Waals surface area contributed by atoms with E-state index in [-0.39, 0.29) is 29.3 Å². The molecule has 1 aliphatic heterocycles. The number of ether oxygens (including phenoxy) is 2. The van der Waals surface area contributed by atoms with Gasteiger partial charge in [-0.05, 0) is 71.2 Å². The zero-order valence-electron chi connectivity index (χ0n) is 23.1. The summed E-state index contributed by atoms with van der Waals surface area (Å²) in [6.45, 7) is 14.8. The average Bonchev–Trinajstić information content (AvgIpc) is 3.30. The first-order chi connectivity index (χ1) is 17.8. The maximum atomic E-state index is 12.6. The number of nitrogens with zero attached hydrogens (tertiary/aromatic N) is 5. The number of nitrogens with one attached hydrogen (secondary N) is 1. The molecule has 10 heteroatoms. The fourth-order valence-electron chi connectivity index (χ4n) is 3.90. The molecular formula is C28H36N6O4. The minimum Gasteiger partial charge on any atom is -0.484 e. The van der Waals surface area contributed by atoms with Crippen molar-refractivity contribution >= 4 is 12.0 Å². The van der Waals surface area contributed by atoms with Gasteiger partial charge in [-0.15, -0.1) is 5.10 Å².